The van der Waals surface area contributed by atoms with E-state index in [1.165, 1.54) is 11.3 Å². The van der Waals surface area contributed by atoms with Crippen LogP contribution in [0.4, 0.5) is 0 Å². The van der Waals surface area contributed by atoms with E-state index in [1.54, 1.807) is 18.2 Å². The Balaban J connectivity index is 1.53. The van der Waals surface area contributed by atoms with Crippen molar-refractivity contribution in [2.75, 3.05) is 20.3 Å². The van der Waals surface area contributed by atoms with Crippen LogP contribution < -0.4 is 9.47 Å². The number of methoxy groups -OCH3 is 1. The van der Waals surface area contributed by atoms with E-state index in [-0.39, 0.29) is 12.0 Å². The van der Waals surface area contributed by atoms with Crippen molar-refractivity contribution in [3.05, 3.63) is 76.2 Å². The van der Waals surface area contributed by atoms with E-state index in [9.17, 15) is 4.79 Å². The van der Waals surface area contributed by atoms with Crippen molar-refractivity contribution in [3.63, 3.8) is 0 Å². The zero-order chi connectivity index (χ0) is 21.5. The van der Waals surface area contributed by atoms with Crippen LogP contribution in [0.25, 0.3) is 0 Å². The Morgan fingerprint density at radius 2 is 2.13 bits per heavy atom. The Hall–Kier alpha value is -2.90. The van der Waals surface area contributed by atoms with Crippen LogP contribution in [0.15, 0.2) is 60.1 Å². The maximum atomic E-state index is 13.2. The van der Waals surface area contributed by atoms with Crippen LogP contribution in [0.2, 0.25) is 0 Å². The highest BCUT2D eigenvalue weighted by Crippen LogP contribution is 2.30. The van der Waals surface area contributed by atoms with Crippen molar-refractivity contribution in [1.82, 2.24) is 9.88 Å². The Kier molecular flexibility index (Phi) is 7.17. The van der Waals surface area contributed by atoms with Crippen molar-refractivity contribution in [1.29, 1.82) is 0 Å². The molecule has 1 fully saturated rings. The molecule has 1 saturated heterocycles. The lowest BCUT2D eigenvalue weighted by Crippen LogP contribution is -2.30. The summed E-state index contributed by atoms with van der Waals surface area (Å²) in [6.07, 6.45) is 3.94. The number of aromatic nitrogens is 1. The van der Waals surface area contributed by atoms with Crippen molar-refractivity contribution in [2.45, 2.75) is 32.0 Å². The van der Waals surface area contributed by atoms with E-state index < -0.39 is 0 Å². The standard InChI is InChI=1S/C24H26N2O4S/c1-28-21-10-9-18(14-22(21)30-17-20-7-4-12-29-20)15-26(16-19-6-2-3-11-25-19)24(27)23-8-5-13-31-23/h2-3,5-6,8-11,13-14,20H,4,7,12,15-17H2,1H3. The first-order valence-corrected chi connectivity index (χ1v) is 11.2. The van der Waals surface area contributed by atoms with Crippen molar-refractivity contribution in [2.24, 2.45) is 0 Å². The Bertz CT molecular complexity index is 973. The fourth-order valence-corrected chi connectivity index (χ4v) is 4.24. The average Bonchev–Trinajstić information content (AvgIpc) is 3.52. The number of benzene rings is 1. The first kappa shape index (κ1) is 21.3. The molecule has 31 heavy (non-hydrogen) atoms. The van der Waals surface area contributed by atoms with Gasteiger partial charge in [-0.05, 0) is 54.1 Å². The Labute approximate surface area is 186 Å². The lowest BCUT2D eigenvalue weighted by Gasteiger charge is -2.23. The molecule has 1 unspecified atom stereocenters. The molecule has 1 amide bonds. The minimum Gasteiger partial charge on any atom is -0.493 e. The molecule has 1 aliphatic heterocycles. The van der Waals surface area contributed by atoms with E-state index in [1.807, 2.05) is 53.9 Å². The Morgan fingerprint density at radius 3 is 2.84 bits per heavy atom. The number of carbonyl (C=O) groups is 1. The van der Waals surface area contributed by atoms with Crippen molar-refractivity contribution >= 4 is 17.2 Å². The van der Waals surface area contributed by atoms with E-state index in [0.29, 0.717) is 36.1 Å². The van der Waals surface area contributed by atoms with E-state index >= 15 is 0 Å². The smallest absolute Gasteiger partial charge is 0.264 e. The van der Waals surface area contributed by atoms with Gasteiger partial charge in [-0.1, -0.05) is 18.2 Å². The third kappa shape index (κ3) is 5.62. The second-order valence-electron chi connectivity index (χ2n) is 7.39. The molecule has 2 aromatic heterocycles. The highest BCUT2D eigenvalue weighted by Gasteiger charge is 2.20. The van der Waals surface area contributed by atoms with Gasteiger partial charge in [0.2, 0.25) is 0 Å². The van der Waals surface area contributed by atoms with Gasteiger partial charge in [-0.15, -0.1) is 11.3 Å². The van der Waals surface area contributed by atoms with Crippen LogP contribution >= 0.6 is 11.3 Å². The van der Waals surface area contributed by atoms with E-state index in [4.69, 9.17) is 14.2 Å². The van der Waals surface area contributed by atoms with Crippen LogP contribution in [0.5, 0.6) is 11.5 Å². The third-order valence-electron chi connectivity index (χ3n) is 5.15. The molecule has 1 aromatic carbocycles. The average molecular weight is 439 g/mol. The van der Waals surface area contributed by atoms with E-state index in [0.717, 1.165) is 30.7 Å². The highest BCUT2D eigenvalue weighted by atomic mass is 32.1. The summed E-state index contributed by atoms with van der Waals surface area (Å²) in [5, 5.41) is 1.91. The van der Waals surface area contributed by atoms with Crippen molar-refractivity contribution in [3.8, 4) is 11.5 Å². The summed E-state index contributed by atoms with van der Waals surface area (Å²) in [5.41, 5.74) is 1.81. The molecule has 0 radical (unpaired) electrons. The minimum absolute atomic E-state index is 0.0155. The molecule has 0 N–H and O–H groups in total. The summed E-state index contributed by atoms with van der Waals surface area (Å²) in [4.78, 5) is 20.1. The predicted octanol–water partition coefficient (Wildman–Crippen LogP) is 4.55. The van der Waals surface area contributed by atoms with Gasteiger partial charge in [0.1, 0.15) is 6.61 Å². The molecule has 162 valence electrons. The summed E-state index contributed by atoms with van der Waals surface area (Å²) >= 11 is 1.44. The number of rotatable bonds is 9. The predicted molar refractivity (Wildman–Crippen MR) is 120 cm³/mol. The molecule has 1 aliphatic rings. The Morgan fingerprint density at radius 1 is 1.19 bits per heavy atom. The molecule has 0 spiro atoms. The van der Waals surface area contributed by atoms with Crippen LogP contribution in [-0.4, -0.2) is 42.2 Å². The largest absolute Gasteiger partial charge is 0.493 e. The fourth-order valence-electron chi connectivity index (χ4n) is 3.55. The maximum Gasteiger partial charge on any atom is 0.264 e. The zero-order valence-corrected chi connectivity index (χ0v) is 18.3. The monoisotopic (exact) mass is 438 g/mol. The molecule has 4 rings (SSSR count). The van der Waals surface area contributed by atoms with Gasteiger partial charge in [0.15, 0.2) is 11.5 Å². The first-order valence-electron chi connectivity index (χ1n) is 10.4. The number of carbonyl (C=O) groups excluding carboxylic acids is 1. The molecule has 3 heterocycles. The molecule has 6 nitrogen and oxygen atoms in total. The topological polar surface area (TPSA) is 60.9 Å². The number of hydrogen-bond acceptors (Lipinski definition) is 6. The molecule has 1 atom stereocenters. The zero-order valence-electron chi connectivity index (χ0n) is 17.5. The number of pyridine rings is 1. The van der Waals surface area contributed by atoms with Crippen LogP contribution in [0.3, 0.4) is 0 Å². The quantitative estimate of drug-likeness (QED) is 0.490. The molecule has 0 saturated carbocycles. The van der Waals surface area contributed by atoms with Gasteiger partial charge in [0, 0.05) is 19.3 Å². The molecular weight excluding hydrogens is 412 g/mol. The third-order valence-corrected chi connectivity index (χ3v) is 6.01. The van der Waals surface area contributed by atoms with Crippen LogP contribution in [0.1, 0.15) is 33.8 Å². The van der Waals surface area contributed by atoms with Crippen LogP contribution in [-0.2, 0) is 17.8 Å². The van der Waals surface area contributed by atoms with Gasteiger partial charge in [0.25, 0.3) is 5.91 Å². The maximum absolute atomic E-state index is 13.2. The first-order chi connectivity index (χ1) is 15.2. The molecular formula is C24H26N2O4S. The summed E-state index contributed by atoms with van der Waals surface area (Å²) in [7, 11) is 1.63. The fraction of sp³-hybridized carbons (Fsp3) is 0.333. The second-order valence-corrected chi connectivity index (χ2v) is 8.34. The molecule has 0 bridgehead atoms. The van der Waals surface area contributed by atoms with E-state index in [2.05, 4.69) is 4.98 Å². The second kappa shape index (κ2) is 10.4. The summed E-state index contributed by atoms with van der Waals surface area (Å²) in [6, 6.07) is 15.3. The van der Waals surface area contributed by atoms with Gasteiger partial charge < -0.3 is 19.1 Å². The molecule has 7 heteroatoms. The van der Waals surface area contributed by atoms with Gasteiger partial charge in [-0.25, -0.2) is 0 Å². The van der Waals surface area contributed by atoms with Crippen molar-refractivity contribution < 1.29 is 19.0 Å². The minimum atomic E-state index is -0.0155. The van der Waals surface area contributed by atoms with Gasteiger partial charge in [0.05, 0.1) is 30.3 Å². The van der Waals surface area contributed by atoms with Gasteiger partial charge >= 0.3 is 0 Å². The lowest BCUT2D eigenvalue weighted by atomic mass is 10.1. The number of thiophene rings is 1. The van der Waals surface area contributed by atoms with Crippen LogP contribution in [0, 0.1) is 0 Å². The molecule has 0 aliphatic carbocycles. The van der Waals surface area contributed by atoms with Gasteiger partial charge in [-0.3, -0.25) is 9.78 Å². The summed E-state index contributed by atoms with van der Waals surface area (Å²) < 4.78 is 17.1. The normalized spacial score (nSPS) is 15.6. The SMILES string of the molecule is COc1ccc(CN(Cc2ccccn2)C(=O)c2cccs2)cc1OCC1CCCO1. The van der Waals surface area contributed by atoms with Gasteiger partial charge in [-0.2, -0.15) is 0 Å². The lowest BCUT2D eigenvalue weighted by molar-refractivity contribution is 0.0668. The summed E-state index contributed by atoms with van der Waals surface area (Å²) in [6.45, 7) is 2.15. The molecule has 3 aromatic rings. The highest BCUT2D eigenvalue weighted by molar-refractivity contribution is 7.12. The number of ether oxygens (including phenoxy) is 3. The number of nitrogens with zero attached hydrogens (tertiary/aromatic N) is 2. The number of amides is 1. The summed E-state index contributed by atoms with van der Waals surface area (Å²) in [5.74, 6) is 1.32. The number of hydrogen-bond donors (Lipinski definition) is 0.